The van der Waals surface area contributed by atoms with E-state index in [-0.39, 0.29) is 0 Å². The first-order valence-electron chi connectivity index (χ1n) is 6.63. The predicted molar refractivity (Wildman–Crippen MR) is 71.1 cm³/mol. The van der Waals surface area contributed by atoms with Crippen LogP contribution < -0.4 is 5.32 Å². The third-order valence-corrected chi connectivity index (χ3v) is 3.46. The molecule has 19 heavy (non-hydrogen) atoms. The van der Waals surface area contributed by atoms with Crippen LogP contribution in [-0.4, -0.2) is 29.1 Å². The summed E-state index contributed by atoms with van der Waals surface area (Å²) in [4.78, 5) is 8.85. The number of amidine groups is 1. The smallest absolute Gasteiger partial charge is 0.230 e. The Kier molecular flexibility index (Phi) is 2.36. The maximum atomic E-state index is 5.28. The van der Waals surface area contributed by atoms with Crippen LogP contribution in [0.2, 0.25) is 0 Å². The van der Waals surface area contributed by atoms with E-state index in [1.54, 1.807) is 0 Å². The molecule has 4 rings (SSSR count). The molecule has 0 amide bonds. The second kappa shape index (κ2) is 4.19. The average Bonchev–Trinajstić information content (AvgIpc) is 2.97. The van der Waals surface area contributed by atoms with Gasteiger partial charge in [0.2, 0.25) is 11.7 Å². The van der Waals surface area contributed by atoms with Gasteiger partial charge in [-0.2, -0.15) is 4.98 Å². The van der Waals surface area contributed by atoms with Gasteiger partial charge in [0.05, 0.1) is 6.54 Å². The topological polar surface area (TPSA) is 63.3 Å². The molecule has 5 nitrogen and oxygen atoms in total. The van der Waals surface area contributed by atoms with Crippen LogP contribution in [0.3, 0.4) is 0 Å². The number of nitrogens with zero attached hydrogens (tertiary/aromatic N) is 3. The van der Waals surface area contributed by atoms with E-state index in [2.05, 4.69) is 20.4 Å². The molecule has 5 heteroatoms. The van der Waals surface area contributed by atoms with Crippen LogP contribution in [0.5, 0.6) is 0 Å². The Hall–Kier alpha value is -2.17. The molecule has 2 aliphatic rings. The first kappa shape index (κ1) is 10.7. The zero-order valence-corrected chi connectivity index (χ0v) is 10.5. The first-order valence-corrected chi connectivity index (χ1v) is 6.63. The highest BCUT2D eigenvalue weighted by Gasteiger charge is 2.29. The molecule has 0 unspecified atom stereocenters. The van der Waals surface area contributed by atoms with Crippen molar-refractivity contribution in [3.63, 3.8) is 0 Å². The summed E-state index contributed by atoms with van der Waals surface area (Å²) in [6.45, 7) is 1.78. The lowest BCUT2D eigenvalue weighted by atomic mass is 10.1. The molecule has 0 saturated heterocycles. The Balaban J connectivity index is 1.60. The number of hydrogen-bond acceptors (Lipinski definition) is 5. The zero-order chi connectivity index (χ0) is 12.7. The standard InChI is InChI=1S/C14H14N4O/c1-3-10(4-2-9(1)12-15-7-8-16-12)13-17-14(19-18-13)11-5-6-11/h1-4,11H,5-8H2,(H,15,16). The summed E-state index contributed by atoms with van der Waals surface area (Å²) in [6.07, 6.45) is 2.35. The van der Waals surface area contributed by atoms with Crippen molar-refractivity contribution < 1.29 is 4.52 Å². The van der Waals surface area contributed by atoms with Crippen LogP contribution in [0.25, 0.3) is 11.4 Å². The Morgan fingerprint density at radius 3 is 2.58 bits per heavy atom. The monoisotopic (exact) mass is 254 g/mol. The molecule has 1 aliphatic carbocycles. The van der Waals surface area contributed by atoms with E-state index in [0.717, 1.165) is 35.9 Å². The summed E-state index contributed by atoms with van der Waals surface area (Å²) in [5.41, 5.74) is 2.09. The van der Waals surface area contributed by atoms with Gasteiger partial charge in [-0.1, -0.05) is 29.4 Å². The lowest BCUT2D eigenvalue weighted by Crippen LogP contribution is -2.19. The van der Waals surface area contributed by atoms with Crippen LogP contribution >= 0.6 is 0 Å². The van der Waals surface area contributed by atoms with Gasteiger partial charge in [0.25, 0.3) is 0 Å². The number of aliphatic imine (C=N–C) groups is 1. The minimum Gasteiger partial charge on any atom is -0.368 e. The maximum absolute atomic E-state index is 5.28. The number of hydrogen-bond donors (Lipinski definition) is 1. The van der Waals surface area contributed by atoms with Crippen molar-refractivity contribution in [1.29, 1.82) is 0 Å². The third kappa shape index (κ3) is 2.01. The molecular formula is C14H14N4O. The van der Waals surface area contributed by atoms with E-state index < -0.39 is 0 Å². The minimum absolute atomic E-state index is 0.498. The Morgan fingerprint density at radius 2 is 1.89 bits per heavy atom. The first-order chi connectivity index (χ1) is 9.40. The van der Waals surface area contributed by atoms with Crippen molar-refractivity contribution >= 4 is 5.84 Å². The normalized spacial score (nSPS) is 18.2. The number of benzene rings is 1. The zero-order valence-electron chi connectivity index (χ0n) is 10.5. The van der Waals surface area contributed by atoms with Crippen LogP contribution in [-0.2, 0) is 0 Å². The molecule has 0 spiro atoms. The maximum Gasteiger partial charge on any atom is 0.230 e. The fourth-order valence-electron chi connectivity index (χ4n) is 2.22. The second-order valence-corrected chi connectivity index (χ2v) is 4.96. The van der Waals surface area contributed by atoms with Crippen molar-refractivity contribution in [1.82, 2.24) is 15.5 Å². The Labute approximate surface area is 110 Å². The highest BCUT2D eigenvalue weighted by molar-refractivity contribution is 5.99. The van der Waals surface area contributed by atoms with E-state index in [1.165, 1.54) is 12.8 Å². The molecule has 1 aliphatic heterocycles. The summed E-state index contributed by atoms with van der Waals surface area (Å²) in [5.74, 6) is 2.92. The summed E-state index contributed by atoms with van der Waals surface area (Å²) in [5, 5.41) is 7.30. The highest BCUT2D eigenvalue weighted by Crippen LogP contribution is 2.39. The van der Waals surface area contributed by atoms with Crippen molar-refractivity contribution in [2.75, 3.05) is 13.1 Å². The SMILES string of the molecule is c1cc(-c2noc(C3CC3)n2)ccc1C1=NCCN1. The van der Waals surface area contributed by atoms with E-state index in [4.69, 9.17) is 4.52 Å². The molecule has 0 bridgehead atoms. The molecular weight excluding hydrogens is 240 g/mol. The molecule has 96 valence electrons. The fourth-order valence-corrected chi connectivity index (χ4v) is 2.22. The lowest BCUT2D eigenvalue weighted by Gasteiger charge is -2.02. The molecule has 0 atom stereocenters. The average molecular weight is 254 g/mol. The number of aromatic nitrogens is 2. The minimum atomic E-state index is 0.498. The number of rotatable bonds is 3. The van der Waals surface area contributed by atoms with E-state index in [0.29, 0.717) is 11.7 Å². The summed E-state index contributed by atoms with van der Waals surface area (Å²) in [6, 6.07) is 8.11. The molecule has 1 aromatic carbocycles. The number of nitrogens with one attached hydrogen (secondary N) is 1. The summed E-state index contributed by atoms with van der Waals surface area (Å²) < 4.78 is 5.28. The van der Waals surface area contributed by atoms with Gasteiger partial charge in [-0.3, -0.25) is 4.99 Å². The van der Waals surface area contributed by atoms with Crippen molar-refractivity contribution in [3.05, 3.63) is 35.7 Å². The highest BCUT2D eigenvalue weighted by atomic mass is 16.5. The fraction of sp³-hybridized carbons (Fsp3) is 0.357. The van der Waals surface area contributed by atoms with Gasteiger partial charge < -0.3 is 9.84 Å². The van der Waals surface area contributed by atoms with Gasteiger partial charge in [0.15, 0.2) is 0 Å². The van der Waals surface area contributed by atoms with Crippen molar-refractivity contribution in [3.8, 4) is 11.4 Å². The predicted octanol–water partition coefficient (Wildman–Crippen LogP) is 1.96. The van der Waals surface area contributed by atoms with Crippen LogP contribution in [0.1, 0.15) is 30.2 Å². The van der Waals surface area contributed by atoms with Crippen molar-refractivity contribution in [2.24, 2.45) is 4.99 Å². The molecule has 1 fully saturated rings. The van der Waals surface area contributed by atoms with Crippen molar-refractivity contribution in [2.45, 2.75) is 18.8 Å². The van der Waals surface area contributed by atoms with E-state index in [1.807, 2.05) is 24.3 Å². The van der Waals surface area contributed by atoms with Crippen LogP contribution in [0.15, 0.2) is 33.8 Å². The summed E-state index contributed by atoms with van der Waals surface area (Å²) >= 11 is 0. The van der Waals surface area contributed by atoms with Crippen LogP contribution in [0.4, 0.5) is 0 Å². The van der Waals surface area contributed by atoms with Gasteiger partial charge >= 0.3 is 0 Å². The quantitative estimate of drug-likeness (QED) is 0.909. The molecule has 2 heterocycles. The van der Waals surface area contributed by atoms with E-state index >= 15 is 0 Å². The van der Waals surface area contributed by atoms with Gasteiger partial charge in [0, 0.05) is 23.6 Å². The molecule has 2 aromatic rings. The lowest BCUT2D eigenvalue weighted by molar-refractivity contribution is 0.380. The largest absolute Gasteiger partial charge is 0.368 e. The van der Waals surface area contributed by atoms with Gasteiger partial charge in [-0.05, 0) is 12.8 Å². The van der Waals surface area contributed by atoms with E-state index in [9.17, 15) is 0 Å². The summed E-state index contributed by atoms with van der Waals surface area (Å²) in [7, 11) is 0. The van der Waals surface area contributed by atoms with Gasteiger partial charge in [-0.25, -0.2) is 0 Å². The van der Waals surface area contributed by atoms with Crippen LogP contribution in [0, 0.1) is 0 Å². The molecule has 1 aromatic heterocycles. The molecule has 0 radical (unpaired) electrons. The van der Waals surface area contributed by atoms with Gasteiger partial charge in [0.1, 0.15) is 5.84 Å². The second-order valence-electron chi connectivity index (χ2n) is 4.96. The Bertz CT molecular complexity index is 625. The molecule has 1 N–H and O–H groups in total. The third-order valence-electron chi connectivity index (χ3n) is 3.46. The Morgan fingerprint density at radius 1 is 1.11 bits per heavy atom. The molecule has 1 saturated carbocycles. The van der Waals surface area contributed by atoms with Gasteiger partial charge in [-0.15, -0.1) is 0 Å².